The van der Waals surface area contributed by atoms with E-state index < -0.39 is 291 Å². The zero-order chi connectivity index (χ0) is 79.5. The summed E-state index contributed by atoms with van der Waals surface area (Å²) in [5, 5.41) is -3.00. The van der Waals surface area contributed by atoms with Crippen LogP contribution in [-0.2, 0) is 0 Å². The molecule has 16 aromatic rings. The molecule has 111 heavy (non-hydrogen) atoms. The Morgan fingerprint density at radius 3 is 0.351 bits per heavy atom. The maximum Gasteiger partial charge on any atom is 0.200 e. The molecule has 0 saturated carbocycles. The molecule has 3 heterocycles. The molecule has 0 aliphatic rings. The van der Waals surface area contributed by atoms with Gasteiger partial charge in [-0.15, -0.1) is 0 Å². The van der Waals surface area contributed by atoms with Crippen LogP contribution < -0.4 is 0 Å². The number of nitrogens with zero attached hydrogens (tertiary/aromatic N) is 3. The minimum atomic E-state index is -2.64. The predicted octanol–water partition coefficient (Wildman–Crippen LogP) is 25.2. The summed E-state index contributed by atoms with van der Waals surface area (Å²) in [6.07, 6.45) is 0. The van der Waals surface area contributed by atoms with Crippen molar-refractivity contribution < 1.29 is 132 Å². The van der Waals surface area contributed by atoms with Gasteiger partial charge in [-0.1, -0.05) is 36.4 Å². The van der Waals surface area contributed by atoms with E-state index in [1.165, 1.54) is 0 Å². The number of benzene rings is 13. The average Bonchev–Trinajstić information content (AvgIpc) is 1.57. The highest BCUT2D eigenvalue weighted by Gasteiger charge is 2.36. The number of aromatic nitrogens is 3. The third kappa shape index (κ3) is 10.2. The van der Waals surface area contributed by atoms with Gasteiger partial charge in [-0.3, -0.25) is 0 Å². The fraction of sp³-hybridized carbons (Fsp3) is 0. The standard InChI is InChI=1S/C78H21F30N3/c79-49-43(50(80)62(92)73(103)61(49)91)22-1-7-37-31(13-22)32-14-23(44-51(81)63(93)74(104)64(94)52(44)82)2-8-38(32)109(37)28-19-29(110-39-9-3-24(45-53(83)65(95)75(105)66(96)54(45)84)15-33(39)34-16-25(4-10-40(34)110)46-55(85)67(97)76(106)68(98)56(46)86)21-30(20-28)111-41-11-5-26(47-57(87)69(99)77(107)70(100)58(47)88)17-35(41)36-18-27(6-12-42(36)111)48-59(89)71(101)78(108)72(102)60(48)90/h1-21H. The van der Waals surface area contributed by atoms with Crippen molar-refractivity contribution in [3.63, 3.8) is 0 Å². The van der Waals surface area contributed by atoms with Crippen molar-refractivity contribution in [1.29, 1.82) is 0 Å². The summed E-state index contributed by atoms with van der Waals surface area (Å²) in [6.45, 7) is 0. The molecule has 0 bridgehead atoms. The molecule has 0 aliphatic heterocycles. The highest BCUT2D eigenvalue weighted by atomic mass is 19.2. The number of halogens is 30. The molecule has 3 aromatic heterocycles. The first kappa shape index (κ1) is 72.4. The van der Waals surface area contributed by atoms with E-state index in [-0.39, 0.29) is 33.1 Å². The first-order chi connectivity index (χ1) is 52.6. The molecule has 0 saturated heterocycles. The molecule has 0 N–H and O–H groups in total. The van der Waals surface area contributed by atoms with E-state index in [1.54, 1.807) is 0 Å². The Morgan fingerprint density at radius 2 is 0.234 bits per heavy atom. The third-order valence-electron chi connectivity index (χ3n) is 18.9. The quantitative estimate of drug-likeness (QED) is 0.0777. The van der Waals surface area contributed by atoms with E-state index >= 15 is 105 Å². The van der Waals surface area contributed by atoms with Gasteiger partial charge in [-0.2, -0.15) is 0 Å². The topological polar surface area (TPSA) is 14.8 Å². The zero-order valence-electron chi connectivity index (χ0n) is 53.3. The summed E-state index contributed by atoms with van der Waals surface area (Å²) in [5.41, 5.74) is -18.7. The number of hydrogen-bond donors (Lipinski definition) is 0. The van der Waals surface area contributed by atoms with E-state index in [2.05, 4.69) is 0 Å². The number of hydrogen-bond acceptors (Lipinski definition) is 0. The van der Waals surface area contributed by atoms with Gasteiger partial charge >= 0.3 is 0 Å². The molecule has 0 aliphatic carbocycles. The highest BCUT2D eigenvalue weighted by molar-refractivity contribution is 6.15. The van der Waals surface area contributed by atoms with Crippen molar-refractivity contribution in [2.24, 2.45) is 0 Å². The van der Waals surface area contributed by atoms with E-state index in [4.69, 9.17) is 0 Å². The van der Waals surface area contributed by atoms with Crippen LogP contribution in [0.3, 0.4) is 0 Å². The molecular weight excluding hydrogens is 1550 g/mol. The van der Waals surface area contributed by atoms with Crippen molar-refractivity contribution in [1.82, 2.24) is 13.7 Å². The highest BCUT2D eigenvalue weighted by Crippen LogP contribution is 2.48. The lowest BCUT2D eigenvalue weighted by Gasteiger charge is -2.18. The molecule has 13 aromatic carbocycles. The summed E-state index contributed by atoms with van der Waals surface area (Å²) >= 11 is 0. The van der Waals surface area contributed by atoms with Crippen molar-refractivity contribution in [3.8, 4) is 83.8 Å². The van der Waals surface area contributed by atoms with Gasteiger partial charge in [-0.25, -0.2) is 132 Å². The molecule has 0 spiro atoms. The van der Waals surface area contributed by atoms with Gasteiger partial charge in [0.15, 0.2) is 140 Å². The lowest BCUT2D eigenvalue weighted by molar-refractivity contribution is 0.381. The van der Waals surface area contributed by atoms with Gasteiger partial charge in [0.05, 0.1) is 83.5 Å². The van der Waals surface area contributed by atoms with E-state index in [9.17, 15) is 26.3 Å². The van der Waals surface area contributed by atoms with Crippen LogP contribution in [0.5, 0.6) is 0 Å². The average molecular weight is 1570 g/mol. The second-order valence-electron chi connectivity index (χ2n) is 24.8. The third-order valence-corrected chi connectivity index (χ3v) is 18.9. The van der Waals surface area contributed by atoms with Crippen LogP contribution in [-0.4, -0.2) is 13.7 Å². The largest absolute Gasteiger partial charge is 0.309 e. The molecule has 0 amide bonds. The molecule has 558 valence electrons. The summed E-state index contributed by atoms with van der Waals surface area (Å²) in [6, 6.07) is 17.4. The van der Waals surface area contributed by atoms with Crippen LogP contribution in [0.15, 0.2) is 127 Å². The van der Waals surface area contributed by atoms with Crippen molar-refractivity contribution in [2.75, 3.05) is 0 Å². The minimum Gasteiger partial charge on any atom is -0.309 e. The summed E-state index contributed by atoms with van der Waals surface area (Å²) < 4.78 is 463. The van der Waals surface area contributed by atoms with Crippen LogP contribution in [0.1, 0.15) is 0 Å². The lowest BCUT2D eigenvalue weighted by Crippen LogP contribution is -2.05. The number of fused-ring (bicyclic) bond motifs is 9. The molecule has 3 nitrogen and oxygen atoms in total. The minimum absolute atomic E-state index is 0.375. The van der Waals surface area contributed by atoms with Crippen LogP contribution >= 0.6 is 0 Å². The first-order valence-electron chi connectivity index (χ1n) is 31.1. The fourth-order valence-electron chi connectivity index (χ4n) is 14.0. The predicted molar refractivity (Wildman–Crippen MR) is 341 cm³/mol. The maximum atomic E-state index is 15.9. The van der Waals surface area contributed by atoms with Crippen LogP contribution in [0.25, 0.3) is 149 Å². The molecular formula is C78H21F30N3. The zero-order valence-corrected chi connectivity index (χ0v) is 53.3. The second-order valence-corrected chi connectivity index (χ2v) is 24.8. The summed E-state index contributed by atoms with van der Waals surface area (Å²) in [4.78, 5) is 0. The van der Waals surface area contributed by atoms with Gasteiger partial charge in [-0.05, 0) is 124 Å². The van der Waals surface area contributed by atoms with Gasteiger partial charge in [0.25, 0.3) is 0 Å². The van der Waals surface area contributed by atoms with E-state index in [0.29, 0.717) is 36.4 Å². The molecule has 33 heteroatoms. The lowest BCUT2D eigenvalue weighted by atomic mass is 9.98. The molecule has 16 rings (SSSR count). The van der Waals surface area contributed by atoms with E-state index in [1.807, 2.05) is 0 Å². The van der Waals surface area contributed by atoms with Gasteiger partial charge in [0, 0.05) is 32.3 Å². The fourth-order valence-corrected chi connectivity index (χ4v) is 14.0. The van der Waals surface area contributed by atoms with Gasteiger partial charge < -0.3 is 13.7 Å². The Labute approximate surface area is 594 Å². The maximum absolute atomic E-state index is 15.9. The number of rotatable bonds is 9. The van der Waals surface area contributed by atoms with Crippen molar-refractivity contribution in [2.45, 2.75) is 0 Å². The van der Waals surface area contributed by atoms with Gasteiger partial charge in [0.2, 0.25) is 34.9 Å². The van der Waals surface area contributed by atoms with Crippen LogP contribution in [0.4, 0.5) is 132 Å². The van der Waals surface area contributed by atoms with Crippen LogP contribution in [0, 0.1) is 175 Å². The smallest absolute Gasteiger partial charge is 0.200 e. The Morgan fingerprint density at radius 1 is 0.126 bits per heavy atom. The molecule has 0 unspecified atom stereocenters. The molecule has 0 radical (unpaired) electrons. The van der Waals surface area contributed by atoms with Gasteiger partial charge in [0.1, 0.15) is 0 Å². The monoisotopic (exact) mass is 1570 g/mol. The van der Waals surface area contributed by atoms with Crippen molar-refractivity contribution in [3.05, 3.63) is 302 Å². The molecule has 0 fully saturated rings. The van der Waals surface area contributed by atoms with E-state index in [0.717, 1.165) is 105 Å². The summed E-state index contributed by atoms with van der Waals surface area (Å²) in [7, 11) is 0. The molecule has 0 atom stereocenters. The first-order valence-corrected chi connectivity index (χ1v) is 31.1. The Kier molecular flexibility index (Phi) is 16.5. The summed E-state index contributed by atoms with van der Waals surface area (Å²) in [5.74, 6) is -75.3. The second kappa shape index (κ2) is 25.4. The SMILES string of the molecule is Fc1c(F)c(F)c(-c2ccc3c(c2)c2cc(-c4c(F)c(F)c(F)c(F)c4F)ccc2n3-c2cc(-n3c4ccc(-c5c(F)c(F)c(F)c(F)c5F)cc4c4cc(-c5c(F)c(F)c(F)c(F)c5F)ccc43)cc(-n3c4ccc(-c5c(F)c(F)c(F)c(F)c5F)cc4c4cc(-c5c(F)c(F)c(F)c(F)c5F)ccc43)c2)c(F)c1F. The Bertz CT molecular complexity index is 5750. The Hall–Kier alpha value is -12.8. The van der Waals surface area contributed by atoms with Crippen molar-refractivity contribution >= 4 is 65.4 Å². The normalized spacial score (nSPS) is 12.1. The Balaban J connectivity index is 1.07. The van der Waals surface area contributed by atoms with Crippen LogP contribution in [0.2, 0.25) is 0 Å².